The average Bonchev–Trinajstić information content (AvgIpc) is 2.36. The second-order valence-electron chi connectivity index (χ2n) is 3.80. The highest BCUT2D eigenvalue weighted by atomic mass is 32.2. The molecule has 7 heteroatoms. The predicted octanol–water partition coefficient (Wildman–Crippen LogP) is 0.584. The van der Waals surface area contributed by atoms with Crippen molar-refractivity contribution in [2.75, 3.05) is 13.6 Å². The second kappa shape index (κ2) is 5.91. The van der Waals surface area contributed by atoms with Crippen LogP contribution in [0.5, 0.6) is 0 Å². The van der Waals surface area contributed by atoms with Crippen LogP contribution in [0.25, 0.3) is 0 Å². The lowest BCUT2D eigenvalue weighted by Crippen LogP contribution is -2.37. The summed E-state index contributed by atoms with van der Waals surface area (Å²) >= 11 is 0. The molecule has 1 rings (SSSR count). The Hall–Kier alpha value is -1.49. The van der Waals surface area contributed by atoms with Gasteiger partial charge in [0.15, 0.2) is 0 Å². The van der Waals surface area contributed by atoms with E-state index in [-0.39, 0.29) is 23.0 Å². The van der Waals surface area contributed by atoms with Gasteiger partial charge in [-0.15, -0.1) is 0 Å². The second-order valence-corrected chi connectivity index (χ2v) is 5.56. The first kappa shape index (κ1) is 14.6. The van der Waals surface area contributed by atoms with Gasteiger partial charge in [-0.3, -0.25) is 0 Å². The fraction of sp³-hybridized carbons (Fsp3) is 0.364. The van der Waals surface area contributed by atoms with Crippen molar-refractivity contribution in [2.24, 2.45) is 0 Å². The summed E-state index contributed by atoms with van der Waals surface area (Å²) in [5.41, 5.74) is -0.292. The Labute approximate surface area is 106 Å². The molecule has 1 aromatic carbocycles. The van der Waals surface area contributed by atoms with E-state index in [1.165, 1.54) is 0 Å². The van der Waals surface area contributed by atoms with E-state index in [4.69, 9.17) is 5.26 Å². The molecule has 0 radical (unpaired) electrons. The standard InChI is InChI=1S/C11H14FN3O2S/c1-8(14-2)7-15-18(16,17)10-3-4-11(12)9(5-10)6-13/h3-5,8,14-15H,7H2,1-2H3. The molecular weight excluding hydrogens is 257 g/mol. The normalized spacial score (nSPS) is 13.0. The minimum absolute atomic E-state index is 0.0318. The largest absolute Gasteiger partial charge is 0.316 e. The lowest BCUT2D eigenvalue weighted by Gasteiger charge is -2.12. The third-order valence-corrected chi connectivity index (χ3v) is 3.86. The summed E-state index contributed by atoms with van der Waals surface area (Å²) in [5, 5.41) is 11.5. The first-order valence-corrected chi connectivity index (χ1v) is 6.75. The maximum Gasteiger partial charge on any atom is 0.240 e. The maximum atomic E-state index is 13.1. The number of sulfonamides is 1. The van der Waals surface area contributed by atoms with Crippen molar-refractivity contribution in [1.82, 2.24) is 10.0 Å². The Bertz CT molecular complexity index is 566. The predicted molar refractivity (Wildman–Crippen MR) is 64.8 cm³/mol. The molecule has 0 fully saturated rings. The molecule has 0 bridgehead atoms. The smallest absolute Gasteiger partial charge is 0.240 e. The molecule has 0 aromatic heterocycles. The van der Waals surface area contributed by atoms with E-state index in [1.807, 2.05) is 6.92 Å². The molecule has 1 aromatic rings. The number of nitriles is 1. The molecule has 0 spiro atoms. The van der Waals surface area contributed by atoms with Gasteiger partial charge in [0.1, 0.15) is 11.9 Å². The summed E-state index contributed by atoms with van der Waals surface area (Å²) in [6, 6.07) is 4.68. The van der Waals surface area contributed by atoms with E-state index in [0.717, 1.165) is 18.2 Å². The van der Waals surface area contributed by atoms with Gasteiger partial charge >= 0.3 is 0 Å². The van der Waals surface area contributed by atoms with Crippen LogP contribution in [-0.4, -0.2) is 28.1 Å². The van der Waals surface area contributed by atoms with Crippen molar-refractivity contribution in [3.63, 3.8) is 0 Å². The molecule has 0 aliphatic heterocycles. The number of halogens is 1. The van der Waals surface area contributed by atoms with Crippen molar-refractivity contribution in [3.8, 4) is 6.07 Å². The molecule has 2 N–H and O–H groups in total. The summed E-state index contributed by atoms with van der Waals surface area (Å²) in [6.07, 6.45) is 0. The summed E-state index contributed by atoms with van der Waals surface area (Å²) in [5.74, 6) is -0.736. The fourth-order valence-corrected chi connectivity index (χ4v) is 2.33. The van der Waals surface area contributed by atoms with Gasteiger partial charge in [-0.1, -0.05) is 0 Å². The summed E-state index contributed by atoms with van der Waals surface area (Å²) in [6.45, 7) is 2.02. The van der Waals surface area contributed by atoms with Crippen LogP contribution in [0.4, 0.5) is 4.39 Å². The molecule has 0 heterocycles. The number of nitrogens with zero attached hydrogens (tertiary/aromatic N) is 1. The van der Waals surface area contributed by atoms with Gasteiger partial charge in [0, 0.05) is 12.6 Å². The number of hydrogen-bond donors (Lipinski definition) is 2. The SMILES string of the molecule is CNC(C)CNS(=O)(=O)c1ccc(F)c(C#N)c1. The topological polar surface area (TPSA) is 82.0 Å². The minimum atomic E-state index is -3.72. The van der Waals surface area contributed by atoms with Crippen molar-refractivity contribution >= 4 is 10.0 Å². The van der Waals surface area contributed by atoms with Crippen LogP contribution in [0.15, 0.2) is 23.1 Å². The highest BCUT2D eigenvalue weighted by molar-refractivity contribution is 7.89. The number of rotatable bonds is 5. The minimum Gasteiger partial charge on any atom is -0.316 e. The quantitative estimate of drug-likeness (QED) is 0.821. The maximum absolute atomic E-state index is 13.1. The summed E-state index contributed by atoms with van der Waals surface area (Å²) in [7, 11) is -2.01. The molecule has 0 saturated carbocycles. The summed E-state index contributed by atoms with van der Waals surface area (Å²) < 4.78 is 39.2. The number of benzene rings is 1. The van der Waals surface area contributed by atoms with Crippen LogP contribution in [0.2, 0.25) is 0 Å². The molecule has 0 aliphatic carbocycles. The number of likely N-dealkylation sites (N-methyl/N-ethyl adjacent to an activating group) is 1. The molecule has 0 amide bonds. The molecule has 0 aliphatic rings. The van der Waals surface area contributed by atoms with Crippen LogP contribution in [-0.2, 0) is 10.0 Å². The van der Waals surface area contributed by atoms with E-state index in [2.05, 4.69) is 10.0 Å². The van der Waals surface area contributed by atoms with Crippen molar-refractivity contribution in [3.05, 3.63) is 29.6 Å². The molecule has 1 unspecified atom stereocenters. The zero-order valence-corrected chi connectivity index (χ0v) is 10.9. The highest BCUT2D eigenvalue weighted by Gasteiger charge is 2.16. The van der Waals surface area contributed by atoms with Gasteiger partial charge in [0.2, 0.25) is 10.0 Å². The average molecular weight is 271 g/mol. The Kier molecular flexibility index (Phi) is 4.78. The number of nitrogens with one attached hydrogen (secondary N) is 2. The van der Waals surface area contributed by atoms with Gasteiger partial charge in [0.05, 0.1) is 10.5 Å². The monoisotopic (exact) mass is 271 g/mol. The van der Waals surface area contributed by atoms with Crippen LogP contribution >= 0.6 is 0 Å². The Morgan fingerprint density at radius 3 is 2.72 bits per heavy atom. The van der Waals surface area contributed by atoms with Crippen molar-refractivity contribution in [1.29, 1.82) is 5.26 Å². The van der Waals surface area contributed by atoms with Crippen molar-refractivity contribution in [2.45, 2.75) is 17.9 Å². The molecule has 0 saturated heterocycles. The molecular formula is C11H14FN3O2S. The molecule has 5 nitrogen and oxygen atoms in total. The van der Waals surface area contributed by atoms with Gasteiger partial charge < -0.3 is 5.32 Å². The summed E-state index contributed by atoms with van der Waals surface area (Å²) in [4.78, 5) is -0.122. The van der Waals surface area contributed by atoms with Crippen LogP contribution < -0.4 is 10.0 Å². The van der Waals surface area contributed by atoms with E-state index in [0.29, 0.717) is 0 Å². The van der Waals surface area contributed by atoms with E-state index < -0.39 is 15.8 Å². The third kappa shape index (κ3) is 3.50. The van der Waals surface area contributed by atoms with E-state index >= 15 is 0 Å². The first-order chi connectivity index (χ1) is 8.40. The third-order valence-electron chi connectivity index (χ3n) is 2.44. The van der Waals surface area contributed by atoms with E-state index in [1.54, 1.807) is 13.1 Å². The Morgan fingerprint density at radius 2 is 2.17 bits per heavy atom. The Balaban J connectivity index is 2.96. The molecule has 18 heavy (non-hydrogen) atoms. The highest BCUT2D eigenvalue weighted by Crippen LogP contribution is 2.14. The number of hydrogen-bond acceptors (Lipinski definition) is 4. The van der Waals surface area contributed by atoms with Crippen LogP contribution in [0.3, 0.4) is 0 Å². The van der Waals surface area contributed by atoms with Gasteiger partial charge in [0.25, 0.3) is 0 Å². The zero-order chi connectivity index (χ0) is 13.8. The molecule has 1 atom stereocenters. The van der Waals surface area contributed by atoms with E-state index in [9.17, 15) is 12.8 Å². The first-order valence-electron chi connectivity index (χ1n) is 5.27. The van der Waals surface area contributed by atoms with Gasteiger partial charge in [-0.2, -0.15) is 5.26 Å². The van der Waals surface area contributed by atoms with Gasteiger partial charge in [-0.25, -0.2) is 17.5 Å². The van der Waals surface area contributed by atoms with Gasteiger partial charge in [-0.05, 0) is 32.2 Å². The van der Waals surface area contributed by atoms with Crippen LogP contribution in [0.1, 0.15) is 12.5 Å². The van der Waals surface area contributed by atoms with Crippen molar-refractivity contribution < 1.29 is 12.8 Å². The van der Waals surface area contributed by atoms with Crippen LogP contribution in [0, 0.1) is 17.1 Å². The lowest BCUT2D eigenvalue weighted by molar-refractivity contribution is 0.554. The molecule has 98 valence electrons. The Morgan fingerprint density at radius 1 is 1.50 bits per heavy atom. The fourth-order valence-electron chi connectivity index (χ4n) is 1.18. The lowest BCUT2D eigenvalue weighted by atomic mass is 10.2. The zero-order valence-electron chi connectivity index (χ0n) is 10.1.